The van der Waals surface area contributed by atoms with Gasteiger partial charge < -0.3 is 10.5 Å². The van der Waals surface area contributed by atoms with Crippen LogP contribution in [-0.2, 0) is 4.79 Å². The predicted molar refractivity (Wildman–Crippen MR) is 32.3 cm³/mol. The van der Waals surface area contributed by atoms with E-state index in [1.54, 1.807) is 0 Å². The molecular weight excluding hydrogens is 102 g/mol. The molecule has 2 nitrogen and oxygen atoms in total. The molecule has 0 aliphatic rings. The summed E-state index contributed by atoms with van der Waals surface area (Å²) in [6, 6.07) is 0. The number of aldehydes is 1. The van der Waals surface area contributed by atoms with Gasteiger partial charge in [-0.3, -0.25) is 0 Å². The molecule has 0 saturated carbocycles. The maximum absolute atomic E-state index is 9.75. The zero-order chi connectivity index (χ0) is 6.24. The molecule has 0 unspecified atom stereocenters. The SMILES string of the molecule is [NH3+]CCCCCC=O. The zero-order valence-electron chi connectivity index (χ0n) is 5.23. The van der Waals surface area contributed by atoms with E-state index in [2.05, 4.69) is 5.73 Å². The second kappa shape index (κ2) is 6.63. The van der Waals surface area contributed by atoms with Crippen molar-refractivity contribution in [3.63, 3.8) is 0 Å². The Kier molecular flexibility index (Phi) is 6.32. The van der Waals surface area contributed by atoms with Crippen molar-refractivity contribution < 1.29 is 10.5 Å². The number of unbranched alkanes of at least 4 members (excludes halogenated alkanes) is 3. The van der Waals surface area contributed by atoms with E-state index in [9.17, 15) is 4.79 Å². The van der Waals surface area contributed by atoms with Crippen LogP contribution in [0, 0.1) is 0 Å². The van der Waals surface area contributed by atoms with Gasteiger partial charge in [0.25, 0.3) is 0 Å². The Hall–Kier alpha value is -0.370. The Labute approximate surface area is 50.1 Å². The number of hydrogen-bond donors (Lipinski definition) is 1. The van der Waals surface area contributed by atoms with Crippen molar-refractivity contribution in [2.45, 2.75) is 25.7 Å². The van der Waals surface area contributed by atoms with Gasteiger partial charge >= 0.3 is 0 Å². The second-order valence-corrected chi connectivity index (χ2v) is 1.87. The molecule has 0 spiro atoms. The Bertz CT molecular complexity index is 54.5. The monoisotopic (exact) mass is 116 g/mol. The molecule has 3 N–H and O–H groups in total. The van der Waals surface area contributed by atoms with E-state index < -0.39 is 0 Å². The van der Waals surface area contributed by atoms with E-state index in [0.29, 0.717) is 0 Å². The molecule has 0 saturated heterocycles. The quantitative estimate of drug-likeness (QED) is 0.398. The minimum atomic E-state index is 0.722. The van der Waals surface area contributed by atoms with Gasteiger partial charge in [-0.05, 0) is 19.3 Å². The van der Waals surface area contributed by atoms with E-state index >= 15 is 0 Å². The Morgan fingerprint density at radius 2 is 2.00 bits per heavy atom. The molecule has 0 aromatic rings. The van der Waals surface area contributed by atoms with Crippen LogP contribution in [0.3, 0.4) is 0 Å². The molecule has 0 rings (SSSR count). The standard InChI is InChI=1S/C6H13NO/c7-5-3-1-2-4-6-8/h6H,1-5,7H2/p+1. The van der Waals surface area contributed by atoms with Crippen LogP contribution in [0.5, 0.6) is 0 Å². The highest BCUT2D eigenvalue weighted by molar-refractivity contribution is 5.48. The summed E-state index contributed by atoms with van der Waals surface area (Å²) in [5.74, 6) is 0. The van der Waals surface area contributed by atoms with Gasteiger partial charge in [-0.2, -0.15) is 0 Å². The number of rotatable bonds is 5. The fourth-order valence-electron chi connectivity index (χ4n) is 0.581. The van der Waals surface area contributed by atoms with Crippen molar-refractivity contribution in [2.24, 2.45) is 0 Å². The molecule has 0 aromatic heterocycles. The smallest absolute Gasteiger partial charge is 0.119 e. The highest BCUT2D eigenvalue weighted by atomic mass is 16.1. The van der Waals surface area contributed by atoms with Crippen molar-refractivity contribution in [2.75, 3.05) is 6.54 Å². The fourth-order valence-corrected chi connectivity index (χ4v) is 0.581. The van der Waals surface area contributed by atoms with E-state index in [0.717, 1.165) is 38.5 Å². The van der Waals surface area contributed by atoms with Crippen LogP contribution < -0.4 is 5.73 Å². The normalized spacial score (nSPS) is 9.12. The van der Waals surface area contributed by atoms with Crippen LogP contribution >= 0.6 is 0 Å². The van der Waals surface area contributed by atoms with Gasteiger partial charge in [-0.1, -0.05) is 0 Å². The average Bonchev–Trinajstić information content (AvgIpc) is 1.81. The van der Waals surface area contributed by atoms with E-state index in [1.165, 1.54) is 0 Å². The maximum atomic E-state index is 9.75. The third-order valence-corrected chi connectivity index (χ3v) is 1.07. The van der Waals surface area contributed by atoms with Gasteiger partial charge in [-0.25, -0.2) is 0 Å². The van der Waals surface area contributed by atoms with Crippen molar-refractivity contribution in [1.29, 1.82) is 0 Å². The minimum Gasteiger partial charge on any atom is -0.358 e. The van der Waals surface area contributed by atoms with Crippen LogP contribution in [-0.4, -0.2) is 12.8 Å². The summed E-state index contributed by atoms with van der Waals surface area (Å²) in [6.45, 7) is 0.999. The molecule has 2 heteroatoms. The first-order valence-electron chi connectivity index (χ1n) is 3.14. The lowest BCUT2D eigenvalue weighted by molar-refractivity contribution is -0.368. The van der Waals surface area contributed by atoms with Gasteiger partial charge in [-0.15, -0.1) is 0 Å². The molecule has 0 bridgehead atoms. The first-order valence-corrected chi connectivity index (χ1v) is 3.14. The summed E-state index contributed by atoms with van der Waals surface area (Å²) >= 11 is 0. The Morgan fingerprint density at radius 3 is 2.50 bits per heavy atom. The molecular formula is C6H14NO+. The van der Waals surface area contributed by atoms with Crippen molar-refractivity contribution in [1.82, 2.24) is 0 Å². The molecule has 0 aliphatic carbocycles. The molecule has 48 valence electrons. The van der Waals surface area contributed by atoms with E-state index in [-0.39, 0.29) is 0 Å². The Balaban J connectivity index is 2.62. The molecule has 0 heterocycles. The lowest BCUT2D eigenvalue weighted by Crippen LogP contribution is -2.50. The zero-order valence-corrected chi connectivity index (χ0v) is 5.23. The van der Waals surface area contributed by atoms with E-state index in [4.69, 9.17) is 0 Å². The minimum absolute atomic E-state index is 0.722. The summed E-state index contributed by atoms with van der Waals surface area (Å²) in [6.07, 6.45) is 5.05. The molecule has 0 atom stereocenters. The lowest BCUT2D eigenvalue weighted by Gasteiger charge is -1.88. The second-order valence-electron chi connectivity index (χ2n) is 1.87. The summed E-state index contributed by atoms with van der Waals surface area (Å²) in [7, 11) is 0. The summed E-state index contributed by atoms with van der Waals surface area (Å²) in [4.78, 5) is 9.75. The van der Waals surface area contributed by atoms with Gasteiger partial charge in [0.2, 0.25) is 0 Å². The Morgan fingerprint density at radius 1 is 1.25 bits per heavy atom. The molecule has 8 heavy (non-hydrogen) atoms. The molecule has 0 radical (unpaired) electrons. The van der Waals surface area contributed by atoms with Gasteiger partial charge in [0, 0.05) is 6.42 Å². The van der Waals surface area contributed by atoms with Crippen LogP contribution in [0.2, 0.25) is 0 Å². The summed E-state index contributed by atoms with van der Waals surface area (Å²) in [5, 5.41) is 0. The van der Waals surface area contributed by atoms with Gasteiger partial charge in [0.05, 0.1) is 6.54 Å². The molecule has 0 amide bonds. The highest BCUT2D eigenvalue weighted by Crippen LogP contribution is 1.94. The molecule has 0 aliphatic heterocycles. The van der Waals surface area contributed by atoms with Crippen LogP contribution in [0.1, 0.15) is 25.7 Å². The predicted octanol–water partition coefficient (Wildman–Crippen LogP) is -0.0124. The lowest BCUT2D eigenvalue weighted by atomic mass is 10.2. The third kappa shape index (κ3) is 5.63. The van der Waals surface area contributed by atoms with E-state index in [1.807, 2.05) is 0 Å². The molecule has 0 fully saturated rings. The first-order chi connectivity index (χ1) is 3.91. The number of quaternary nitrogens is 1. The van der Waals surface area contributed by atoms with Crippen molar-refractivity contribution in [3.05, 3.63) is 0 Å². The van der Waals surface area contributed by atoms with Crippen LogP contribution in [0.15, 0.2) is 0 Å². The third-order valence-electron chi connectivity index (χ3n) is 1.07. The average molecular weight is 116 g/mol. The fraction of sp³-hybridized carbons (Fsp3) is 0.833. The van der Waals surface area contributed by atoms with Crippen LogP contribution in [0.25, 0.3) is 0 Å². The first kappa shape index (κ1) is 7.63. The maximum Gasteiger partial charge on any atom is 0.119 e. The van der Waals surface area contributed by atoms with Crippen LogP contribution in [0.4, 0.5) is 0 Å². The number of hydrogen-bond acceptors (Lipinski definition) is 1. The summed E-state index contributed by atoms with van der Waals surface area (Å²) in [5.41, 5.74) is 3.69. The van der Waals surface area contributed by atoms with Crippen molar-refractivity contribution >= 4 is 6.29 Å². The number of carbonyl (C=O) groups excluding carboxylic acids is 1. The summed E-state index contributed by atoms with van der Waals surface area (Å²) < 4.78 is 0. The molecule has 0 aromatic carbocycles. The van der Waals surface area contributed by atoms with Crippen molar-refractivity contribution in [3.8, 4) is 0 Å². The topological polar surface area (TPSA) is 44.7 Å². The number of carbonyl (C=O) groups is 1. The van der Waals surface area contributed by atoms with Gasteiger partial charge in [0.15, 0.2) is 0 Å². The highest BCUT2D eigenvalue weighted by Gasteiger charge is 1.85. The van der Waals surface area contributed by atoms with Gasteiger partial charge in [0.1, 0.15) is 6.29 Å². The largest absolute Gasteiger partial charge is 0.358 e.